The SMILES string of the molecule is CCCCN(CCCN(C)C)C(=O)CN1C[C@H](c2ccc3c(c2)OCO3)[C@@H](C(=O)O)[C@@H]1c1ccc(OC)cc1. The van der Waals surface area contributed by atoms with Crippen LogP contribution in [0.1, 0.15) is 49.3 Å². The molecule has 9 heteroatoms. The molecule has 2 heterocycles. The summed E-state index contributed by atoms with van der Waals surface area (Å²) in [6.45, 7) is 5.18. The number of ether oxygens (including phenoxy) is 3. The standard InChI is InChI=1S/C30H41N3O6/c1-5-6-15-32(16-7-14-31(2)3)27(34)19-33-18-24(22-10-13-25-26(17-22)39-20-38-25)28(30(35)36)29(33)21-8-11-23(37-4)12-9-21/h8-13,17,24,28-29H,5-7,14-16,18-20H2,1-4H3,(H,35,36)/t24-,28-,29+/m1/s1. The highest BCUT2D eigenvalue weighted by Crippen LogP contribution is 2.47. The summed E-state index contributed by atoms with van der Waals surface area (Å²) < 4.78 is 16.4. The van der Waals surface area contributed by atoms with Gasteiger partial charge in [-0.1, -0.05) is 31.5 Å². The number of nitrogens with zero attached hydrogens (tertiary/aromatic N) is 3. The van der Waals surface area contributed by atoms with E-state index in [0.29, 0.717) is 36.9 Å². The van der Waals surface area contributed by atoms with Gasteiger partial charge in [0.05, 0.1) is 19.6 Å². The van der Waals surface area contributed by atoms with Crippen LogP contribution in [-0.4, -0.2) is 92.4 Å². The Labute approximate surface area is 231 Å². The van der Waals surface area contributed by atoms with E-state index >= 15 is 0 Å². The Kier molecular flexibility index (Phi) is 9.69. The summed E-state index contributed by atoms with van der Waals surface area (Å²) in [6, 6.07) is 12.7. The van der Waals surface area contributed by atoms with E-state index in [2.05, 4.69) is 11.8 Å². The van der Waals surface area contributed by atoms with E-state index in [1.165, 1.54) is 0 Å². The third-order valence-electron chi connectivity index (χ3n) is 7.67. The lowest BCUT2D eigenvalue weighted by atomic mass is 9.82. The van der Waals surface area contributed by atoms with Crippen molar-refractivity contribution in [3.63, 3.8) is 0 Å². The maximum absolute atomic E-state index is 13.7. The molecule has 0 bridgehead atoms. The van der Waals surface area contributed by atoms with Crippen molar-refractivity contribution >= 4 is 11.9 Å². The fourth-order valence-corrected chi connectivity index (χ4v) is 5.63. The number of rotatable bonds is 13. The molecule has 0 radical (unpaired) electrons. The molecule has 2 aliphatic rings. The molecule has 0 aromatic heterocycles. The maximum Gasteiger partial charge on any atom is 0.309 e. The largest absolute Gasteiger partial charge is 0.497 e. The van der Waals surface area contributed by atoms with Crippen LogP contribution in [-0.2, 0) is 9.59 Å². The highest BCUT2D eigenvalue weighted by molar-refractivity contribution is 5.79. The predicted molar refractivity (Wildman–Crippen MR) is 148 cm³/mol. The Morgan fingerprint density at radius 2 is 1.69 bits per heavy atom. The highest BCUT2D eigenvalue weighted by Gasteiger charge is 2.48. The first-order chi connectivity index (χ1) is 18.8. The Morgan fingerprint density at radius 1 is 1.00 bits per heavy atom. The number of amides is 1. The molecule has 2 aromatic carbocycles. The average molecular weight is 540 g/mol. The second-order valence-corrected chi connectivity index (χ2v) is 10.6. The van der Waals surface area contributed by atoms with E-state index in [-0.39, 0.29) is 25.2 Å². The Balaban J connectivity index is 1.64. The number of fused-ring (bicyclic) bond motifs is 1. The van der Waals surface area contributed by atoms with E-state index in [0.717, 1.165) is 36.9 Å². The van der Waals surface area contributed by atoms with E-state index in [9.17, 15) is 14.7 Å². The van der Waals surface area contributed by atoms with Gasteiger partial charge in [-0.2, -0.15) is 0 Å². The summed E-state index contributed by atoms with van der Waals surface area (Å²) in [5, 5.41) is 10.5. The van der Waals surface area contributed by atoms with Crippen LogP contribution >= 0.6 is 0 Å². The van der Waals surface area contributed by atoms with Gasteiger partial charge in [-0.05, 0) is 68.9 Å². The zero-order valence-electron chi connectivity index (χ0n) is 23.5. The normalized spacial score (nSPS) is 20.4. The molecule has 3 atom stereocenters. The number of benzene rings is 2. The monoisotopic (exact) mass is 539 g/mol. The van der Waals surface area contributed by atoms with Gasteiger partial charge in [0.1, 0.15) is 5.75 Å². The van der Waals surface area contributed by atoms with Gasteiger partial charge >= 0.3 is 5.97 Å². The Hall–Kier alpha value is -3.30. The number of likely N-dealkylation sites (tertiary alicyclic amines) is 1. The van der Waals surface area contributed by atoms with E-state index < -0.39 is 17.9 Å². The van der Waals surface area contributed by atoms with Crippen LogP contribution in [0.5, 0.6) is 17.2 Å². The van der Waals surface area contributed by atoms with Gasteiger partial charge < -0.3 is 29.1 Å². The first-order valence-corrected chi connectivity index (χ1v) is 13.7. The van der Waals surface area contributed by atoms with Crippen molar-refractivity contribution in [3.05, 3.63) is 53.6 Å². The van der Waals surface area contributed by atoms with Crippen molar-refractivity contribution < 1.29 is 28.9 Å². The average Bonchev–Trinajstić information content (AvgIpc) is 3.54. The maximum atomic E-state index is 13.7. The molecule has 2 aliphatic heterocycles. The third kappa shape index (κ3) is 6.83. The molecular weight excluding hydrogens is 498 g/mol. The Bertz CT molecular complexity index is 1120. The summed E-state index contributed by atoms with van der Waals surface area (Å²) in [5.41, 5.74) is 1.72. The number of carboxylic acid groups (broad SMARTS) is 1. The van der Waals surface area contributed by atoms with Gasteiger partial charge in [-0.15, -0.1) is 0 Å². The van der Waals surface area contributed by atoms with Gasteiger partial charge in [0.25, 0.3) is 0 Å². The number of aliphatic carboxylic acids is 1. The van der Waals surface area contributed by atoms with Crippen LogP contribution in [0.25, 0.3) is 0 Å². The van der Waals surface area contributed by atoms with Crippen molar-refractivity contribution in [1.29, 1.82) is 0 Å². The third-order valence-corrected chi connectivity index (χ3v) is 7.67. The lowest BCUT2D eigenvalue weighted by molar-refractivity contribution is -0.144. The zero-order chi connectivity index (χ0) is 27.9. The van der Waals surface area contributed by atoms with Crippen molar-refractivity contribution in [2.45, 2.75) is 38.1 Å². The minimum Gasteiger partial charge on any atom is -0.497 e. The van der Waals surface area contributed by atoms with Gasteiger partial charge in [0, 0.05) is 31.6 Å². The molecule has 0 aliphatic carbocycles. The fourth-order valence-electron chi connectivity index (χ4n) is 5.63. The predicted octanol–water partition coefficient (Wildman–Crippen LogP) is 3.85. The number of carbonyl (C=O) groups excluding carboxylic acids is 1. The molecule has 39 heavy (non-hydrogen) atoms. The number of carbonyl (C=O) groups is 2. The molecule has 2 aromatic rings. The van der Waals surface area contributed by atoms with Crippen LogP contribution in [0.2, 0.25) is 0 Å². The topological polar surface area (TPSA) is 91.8 Å². The van der Waals surface area contributed by atoms with Gasteiger partial charge in [-0.25, -0.2) is 0 Å². The van der Waals surface area contributed by atoms with Crippen molar-refractivity contribution in [3.8, 4) is 17.2 Å². The molecule has 1 saturated heterocycles. The number of carboxylic acids is 1. The molecule has 0 saturated carbocycles. The molecule has 1 amide bonds. The minimum atomic E-state index is -0.887. The van der Waals surface area contributed by atoms with E-state index in [4.69, 9.17) is 14.2 Å². The summed E-state index contributed by atoms with van der Waals surface area (Å²) in [4.78, 5) is 32.6. The lowest BCUT2D eigenvalue weighted by Gasteiger charge is -2.30. The molecule has 212 valence electrons. The molecule has 1 fully saturated rings. The van der Waals surface area contributed by atoms with Crippen LogP contribution in [0.3, 0.4) is 0 Å². The Morgan fingerprint density at radius 3 is 2.36 bits per heavy atom. The molecule has 0 unspecified atom stereocenters. The van der Waals surface area contributed by atoms with Gasteiger partial charge in [0.15, 0.2) is 11.5 Å². The van der Waals surface area contributed by atoms with E-state index in [1.54, 1.807) is 7.11 Å². The second-order valence-electron chi connectivity index (χ2n) is 10.6. The number of hydrogen-bond donors (Lipinski definition) is 1. The summed E-state index contributed by atoms with van der Waals surface area (Å²) >= 11 is 0. The molecular formula is C30H41N3O6. The first-order valence-electron chi connectivity index (χ1n) is 13.7. The van der Waals surface area contributed by atoms with Crippen LogP contribution in [0.4, 0.5) is 0 Å². The summed E-state index contributed by atoms with van der Waals surface area (Å²) in [5.74, 6) is 0.0632. The molecule has 4 rings (SSSR count). The van der Waals surface area contributed by atoms with Gasteiger partial charge in [0.2, 0.25) is 12.7 Å². The van der Waals surface area contributed by atoms with Crippen molar-refractivity contribution in [1.82, 2.24) is 14.7 Å². The number of unbranched alkanes of at least 4 members (excludes halogenated alkanes) is 1. The second kappa shape index (κ2) is 13.2. The summed E-state index contributed by atoms with van der Waals surface area (Å²) in [7, 11) is 5.67. The fraction of sp³-hybridized carbons (Fsp3) is 0.533. The number of methoxy groups -OCH3 is 1. The first kappa shape index (κ1) is 28.7. The molecule has 9 nitrogen and oxygen atoms in total. The quantitative estimate of drug-likeness (QED) is 0.411. The molecule has 0 spiro atoms. The highest BCUT2D eigenvalue weighted by atomic mass is 16.7. The van der Waals surface area contributed by atoms with E-state index in [1.807, 2.05) is 66.4 Å². The summed E-state index contributed by atoms with van der Waals surface area (Å²) in [6.07, 6.45) is 2.83. The smallest absolute Gasteiger partial charge is 0.309 e. The van der Waals surface area contributed by atoms with Crippen molar-refractivity contribution in [2.24, 2.45) is 5.92 Å². The van der Waals surface area contributed by atoms with Crippen molar-refractivity contribution in [2.75, 3.05) is 60.7 Å². The van der Waals surface area contributed by atoms with Crippen LogP contribution in [0.15, 0.2) is 42.5 Å². The molecule has 1 N–H and O–H groups in total. The van der Waals surface area contributed by atoms with Crippen LogP contribution in [0, 0.1) is 5.92 Å². The van der Waals surface area contributed by atoms with Crippen LogP contribution < -0.4 is 14.2 Å². The lowest BCUT2D eigenvalue weighted by Crippen LogP contribution is -2.42. The number of hydrogen-bond acceptors (Lipinski definition) is 7. The minimum absolute atomic E-state index is 0.0381. The zero-order valence-corrected chi connectivity index (χ0v) is 23.5. The van der Waals surface area contributed by atoms with Gasteiger partial charge in [-0.3, -0.25) is 14.5 Å².